The fourth-order valence-electron chi connectivity index (χ4n) is 7.27. The van der Waals surface area contributed by atoms with Crippen LogP contribution in [-0.2, 0) is 0 Å². The Bertz CT molecular complexity index is 2940. The number of benzene rings is 7. The lowest BCUT2D eigenvalue weighted by atomic mass is 10.1. The third-order valence-corrected chi connectivity index (χ3v) is 11.8. The average molecular weight is 665 g/mol. The predicted molar refractivity (Wildman–Crippen MR) is 207 cm³/mol. The number of fused-ring (bicyclic) bond motifs is 10. The van der Waals surface area contributed by atoms with Crippen LogP contribution < -0.4 is 4.90 Å². The SMILES string of the molecule is c1ccc2oc(-c3cccc4oc5cc(N(c6ccc7c(c6)sc6ccccc67)c6ccc7c(c6)sc6ccccc67)ccc5c34)nc2c1. The van der Waals surface area contributed by atoms with Crippen molar-refractivity contribution in [3.05, 3.63) is 146 Å². The first-order valence-electron chi connectivity index (χ1n) is 16.2. The van der Waals surface area contributed by atoms with Crippen molar-refractivity contribution in [2.24, 2.45) is 0 Å². The van der Waals surface area contributed by atoms with Gasteiger partial charge >= 0.3 is 0 Å². The van der Waals surface area contributed by atoms with Crippen molar-refractivity contribution in [2.75, 3.05) is 4.90 Å². The van der Waals surface area contributed by atoms with Gasteiger partial charge in [0.1, 0.15) is 16.7 Å². The summed E-state index contributed by atoms with van der Waals surface area (Å²) in [6, 6.07) is 51.4. The second-order valence-corrected chi connectivity index (χ2v) is 14.5. The number of furan rings is 1. The van der Waals surface area contributed by atoms with E-state index in [1.165, 1.54) is 40.3 Å². The number of oxazole rings is 1. The topological polar surface area (TPSA) is 42.4 Å². The zero-order chi connectivity index (χ0) is 32.1. The molecule has 0 atom stereocenters. The van der Waals surface area contributed by atoms with E-state index in [0.717, 1.165) is 55.7 Å². The van der Waals surface area contributed by atoms with Crippen molar-refractivity contribution < 1.29 is 8.83 Å². The van der Waals surface area contributed by atoms with E-state index in [1.807, 2.05) is 59.1 Å². The maximum absolute atomic E-state index is 6.58. The van der Waals surface area contributed by atoms with Crippen molar-refractivity contribution >= 4 is 113 Å². The molecule has 4 heterocycles. The minimum Gasteiger partial charge on any atom is -0.456 e. The molecule has 0 spiro atoms. The van der Waals surface area contributed by atoms with Crippen LogP contribution in [0.25, 0.3) is 84.8 Å². The predicted octanol–water partition coefficient (Wildman–Crippen LogP) is 13.6. The van der Waals surface area contributed by atoms with Gasteiger partial charge < -0.3 is 13.7 Å². The Hall–Kier alpha value is -5.95. The quantitative estimate of drug-likeness (QED) is 0.188. The fourth-order valence-corrected chi connectivity index (χ4v) is 9.55. The number of aromatic nitrogens is 1. The van der Waals surface area contributed by atoms with Crippen LogP contribution in [0.15, 0.2) is 154 Å². The number of anilines is 3. The normalized spacial score (nSPS) is 12.1. The van der Waals surface area contributed by atoms with Gasteiger partial charge in [0.15, 0.2) is 5.58 Å². The Balaban J connectivity index is 1.12. The molecular weight excluding hydrogens is 641 g/mol. The van der Waals surface area contributed by atoms with Crippen LogP contribution in [0, 0.1) is 0 Å². The van der Waals surface area contributed by atoms with E-state index in [0.29, 0.717) is 5.89 Å². The Morgan fingerprint density at radius 3 is 1.69 bits per heavy atom. The maximum atomic E-state index is 6.58. The molecule has 0 saturated carbocycles. The van der Waals surface area contributed by atoms with Gasteiger partial charge in [-0.05, 0) is 72.8 Å². The summed E-state index contributed by atoms with van der Waals surface area (Å²) in [5, 5.41) is 7.18. The van der Waals surface area contributed by atoms with Gasteiger partial charge in [-0.1, -0.05) is 66.7 Å². The molecule has 0 N–H and O–H groups in total. The molecule has 11 rings (SSSR count). The van der Waals surface area contributed by atoms with Crippen LogP contribution in [0.2, 0.25) is 0 Å². The van der Waals surface area contributed by atoms with E-state index in [2.05, 4.69) is 114 Å². The first-order chi connectivity index (χ1) is 24.2. The number of rotatable bonds is 4. The molecule has 4 nitrogen and oxygen atoms in total. The third kappa shape index (κ3) is 4.11. The Morgan fingerprint density at radius 2 is 1.00 bits per heavy atom. The molecule has 0 bridgehead atoms. The Kier molecular flexibility index (Phi) is 5.67. The molecule has 0 fully saturated rings. The van der Waals surface area contributed by atoms with Crippen LogP contribution in [-0.4, -0.2) is 4.98 Å². The van der Waals surface area contributed by atoms with E-state index in [4.69, 9.17) is 13.8 Å². The highest BCUT2D eigenvalue weighted by molar-refractivity contribution is 7.26. The molecule has 0 aliphatic heterocycles. The highest BCUT2D eigenvalue weighted by Gasteiger charge is 2.21. The average Bonchev–Trinajstić information content (AvgIpc) is 3.92. The molecular formula is C43H24N2O2S2. The summed E-state index contributed by atoms with van der Waals surface area (Å²) in [7, 11) is 0. The second kappa shape index (κ2) is 10.3. The summed E-state index contributed by atoms with van der Waals surface area (Å²) < 4.78 is 17.9. The van der Waals surface area contributed by atoms with E-state index in [1.54, 1.807) is 0 Å². The van der Waals surface area contributed by atoms with Gasteiger partial charge in [0.25, 0.3) is 0 Å². The molecule has 7 aromatic carbocycles. The Morgan fingerprint density at radius 1 is 0.429 bits per heavy atom. The van der Waals surface area contributed by atoms with Crippen LogP contribution in [0.1, 0.15) is 0 Å². The molecule has 49 heavy (non-hydrogen) atoms. The van der Waals surface area contributed by atoms with Crippen LogP contribution >= 0.6 is 22.7 Å². The highest BCUT2D eigenvalue weighted by Crippen LogP contribution is 2.45. The van der Waals surface area contributed by atoms with E-state index in [9.17, 15) is 0 Å². The molecule has 0 radical (unpaired) electrons. The summed E-state index contributed by atoms with van der Waals surface area (Å²) in [6.07, 6.45) is 0. The van der Waals surface area contributed by atoms with Crippen molar-refractivity contribution in [2.45, 2.75) is 0 Å². The van der Waals surface area contributed by atoms with Gasteiger partial charge in [0, 0.05) is 79.8 Å². The van der Waals surface area contributed by atoms with Gasteiger partial charge in [0.2, 0.25) is 5.89 Å². The van der Waals surface area contributed by atoms with Crippen LogP contribution in [0.5, 0.6) is 0 Å². The number of para-hydroxylation sites is 2. The van der Waals surface area contributed by atoms with Crippen molar-refractivity contribution in [3.63, 3.8) is 0 Å². The lowest BCUT2D eigenvalue weighted by Crippen LogP contribution is -2.09. The first kappa shape index (κ1) is 27.0. The standard InChI is InChI=1S/C43H24N2O2S2/c1-5-14-38-28(8-1)30-19-16-26(23-40(30)48-38)45(27-17-20-31-29-9-2-6-15-39(29)49-41(31)24-27)25-18-21-32-37(22-25)46-36-13-7-10-33(42(32)36)43-44-34-11-3-4-12-35(34)47-43/h1-24H. The summed E-state index contributed by atoms with van der Waals surface area (Å²) in [5.41, 5.74) is 7.37. The lowest BCUT2D eigenvalue weighted by Gasteiger charge is -2.25. The number of hydrogen-bond donors (Lipinski definition) is 0. The number of nitrogens with zero attached hydrogens (tertiary/aromatic N) is 2. The molecule has 0 amide bonds. The molecule has 6 heteroatoms. The lowest BCUT2D eigenvalue weighted by molar-refractivity contribution is 0.620. The van der Waals surface area contributed by atoms with Gasteiger partial charge in [-0.3, -0.25) is 0 Å². The summed E-state index contributed by atoms with van der Waals surface area (Å²) in [5.74, 6) is 0.591. The van der Waals surface area contributed by atoms with E-state index >= 15 is 0 Å². The van der Waals surface area contributed by atoms with Gasteiger partial charge in [-0.25, -0.2) is 4.98 Å². The van der Waals surface area contributed by atoms with Crippen molar-refractivity contribution in [1.29, 1.82) is 0 Å². The summed E-state index contributed by atoms with van der Waals surface area (Å²) in [4.78, 5) is 7.16. The largest absolute Gasteiger partial charge is 0.456 e. The molecule has 0 aliphatic rings. The smallest absolute Gasteiger partial charge is 0.228 e. The number of hydrogen-bond acceptors (Lipinski definition) is 6. The highest BCUT2D eigenvalue weighted by atomic mass is 32.1. The Labute approximate surface area is 287 Å². The fraction of sp³-hybridized carbons (Fsp3) is 0. The monoisotopic (exact) mass is 664 g/mol. The van der Waals surface area contributed by atoms with Crippen molar-refractivity contribution in [1.82, 2.24) is 4.98 Å². The number of thiophene rings is 2. The minimum absolute atomic E-state index is 0.591. The molecule has 4 aromatic heterocycles. The molecule has 0 saturated heterocycles. The van der Waals surface area contributed by atoms with Gasteiger partial charge in [0.05, 0.1) is 0 Å². The molecule has 0 aliphatic carbocycles. The van der Waals surface area contributed by atoms with Crippen molar-refractivity contribution in [3.8, 4) is 11.5 Å². The zero-order valence-corrected chi connectivity index (χ0v) is 27.5. The van der Waals surface area contributed by atoms with Gasteiger partial charge in [-0.2, -0.15) is 0 Å². The minimum atomic E-state index is 0.591. The first-order valence-corrected chi connectivity index (χ1v) is 17.8. The zero-order valence-electron chi connectivity index (χ0n) is 25.9. The summed E-state index contributed by atoms with van der Waals surface area (Å²) in [6.45, 7) is 0. The van der Waals surface area contributed by atoms with E-state index < -0.39 is 0 Å². The van der Waals surface area contributed by atoms with Gasteiger partial charge in [-0.15, -0.1) is 22.7 Å². The third-order valence-electron chi connectivity index (χ3n) is 9.50. The maximum Gasteiger partial charge on any atom is 0.228 e. The molecule has 11 aromatic rings. The van der Waals surface area contributed by atoms with E-state index in [-0.39, 0.29) is 0 Å². The van der Waals surface area contributed by atoms with Crippen LogP contribution in [0.3, 0.4) is 0 Å². The molecule has 230 valence electrons. The van der Waals surface area contributed by atoms with Crippen LogP contribution in [0.4, 0.5) is 17.1 Å². The second-order valence-electron chi connectivity index (χ2n) is 12.3. The summed E-state index contributed by atoms with van der Waals surface area (Å²) >= 11 is 3.68. The molecule has 0 unspecified atom stereocenters.